The van der Waals surface area contributed by atoms with Gasteiger partial charge in [0, 0.05) is 25.4 Å². The zero-order valence-electron chi connectivity index (χ0n) is 11.5. The van der Waals surface area contributed by atoms with E-state index in [9.17, 15) is 4.79 Å². The maximum atomic E-state index is 12.5. The third-order valence-electron chi connectivity index (χ3n) is 3.52. The van der Waals surface area contributed by atoms with E-state index in [1.54, 1.807) is 4.90 Å². The van der Waals surface area contributed by atoms with Gasteiger partial charge in [0.1, 0.15) is 6.10 Å². The number of nitrogens with two attached hydrogens (primary N) is 1. The van der Waals surface area contributed by atoms with E-state index in [0.717, 1.165) is 30.5 Å². The normalized spacial score (nSPS) is 19.2. The molecule has 104 valence electrons. The van der Waals surface area contributed by atoms with E-state index < -0.39 is 0 Å². The number of hydrogen-bond donors (Lipinski definition) is 1. The van der Waals surface area contributed by atoms with Gasteiger partial charge in [-0.25, -0.2) is 0 Å². The summed E-state index contributed by atoms with van der Waals surface area (Å²) < 4.78 is 5.58. The minimum absolute atomic E-state index is 0.0719. The smallest absolute Gasteiger partial charge is 0.256 e. The van der Waals surface area contributed by atoms with Gasteiger partial charge >= 0.3 is 0 Å². The van der Waals surface area contributed by atoms with Crippen LogP contribution >= 0.6 is 0 Å². The summed E-state index contributed by atoms with van der Waals surface area (Å²) in [5, 5.41) is 0. The number of carbonyl (C=O) groups is 1. The molecule has 1 fully saturated rings. The number of likely N-dealkylation sites (N-methyl/N-ethyl adjacent to an activating group) is 1. The van der Waals surface area contributed by atoms with Gasteiger partial charge in [-0.05, 0) is 43.9 Å². The second-order valence-electron chi connectivity index (χ2n) is 4.81. The van der Waals surface area contributed by atoms with Crippen LogP contribution in [0, 0.1) is 0 Å². The summed E-state index contributed by atoms with van der Waals surface area (Å²) in [7, 11) is 0. The molecule has 1 amide bonds. The van der Waals surface area contributed by atoms with E-state index in [1.807, 2.05) is 31.2 Å². The van der Waals surface area contributed by atoms with Crippen molar-refractivity contribution in [3.63, 3.8) is 0 Å². The van der Waals surface area contributed by atoms with Crippen molar-refractivity contribution in [3.05, 3.63) is 29.8 Å². The van der Waals surface area contributed by atoms with Gasteiger partial charge < -0.3 is 15.4 Å². The number of benzene rings is 1. The topological polar surface area (TPSA) is 55.6 Å². The molecule has 1 atom stereocenters. The molecule has 2 N–H and O–H groups in total. The Kier molecular flexibility index (Phi) is 4.93. The first-order valence-electron chi connectivity index (χ1n) is 6.98. The zero-order chi connectivity index (χ0) is 13.7. The predicted octanol–water partition coefficient (Wildman–Crippen LogP) is 2.07. The summed E-state index contributed by atoms with van der Waals surface area (Å²) in [4.78, 5) is 14.2. The van der Waals surface area contributed by atoms with Crippen molar-refractivity contribution < 1.29 is 9.53 Å². The van der Waals surface area contributed by atoms with E-state index >= 15 is 0 Å². The SMILES string of the molecule is CCN(C(=O)C1CCCCO1)c1ccc(CN)cc1. The average molecular weight is 262 g/mol. The van der Waals surface area contributed by atoms with E-state index in [0.29, 0.717) is 19.7 Å². The van der Waals surface area contributed by atoms with Crippen LogP contribution in [0.2, 0.25) is 0 Å². The van der Waals surface area contributed by atoms with Crippen LogP contribution in [0.5, 0.6) is 0 Å². The number of amides is 1. The quantitative estimate of drug-likeness (QED) is 0.903. The Bertz CT molecular complexity index is 411. The van der Waals surface area contributed by atoms with Crippen LogP contribution in [0.1, 0.15) is 31.7 Å². The molecule has 1 unspecified atom stereocenters. The molecule has 19 heavy (non-hydrogen) atoms. The van der Waals surface area contributed by atoms with Crippen LogP contribution in [0.15, 0.2) is 24.3 Å². The third kappa shape index (κ3) is 3.33. The molecule has 0 aromatic heterocycles. The van der Waals surface area contributed by atoms with Gasteiger partial charge in [-0.3, -0.25) is 4.79 Å². The second kappa shape index (κ2) is 6.68. The number of nitrogens with zero attached hydrogens (tertiary/aromatic N) is 1. The zero-order valence-corrected chi connectivity index (χ0v) is 11.5. The molecule has 0 saturated carbocycles. The van der Waals surface area contributed by atoms with Gasteiger partial charge in [-0.15, -0.1) is 0 Å². The lowest BCUT2D eigenvalue weighted by Crippen LogP contribution is -2.42. The highest BCUT2D eigenvalue weighted by Crippen LogP contribution is 2.20. The molecule has 0 spiro atoms. The molecule has 1 aliphatic rings. The fourth-order valence-corrected chi connectivity index (χ4v) is 2.39. The van der Waals surface area contributed by atoms with Gasteiger partial charge in [0.05, 0.1) is 0 Å². The molecule has 0 radical (unpaired) electrons. The summed E-state index contributed by atoms with van der Waals surface area (Å²) in [6.45, 7) is 3.85. The molecule has 4 nitrogen and oxygen atoms in total. The van der Waals surface area contributed by atoms with Crippen molar-refractivity contribution in [2.45, 2.75) is 38.8 Å². The first-order valence-corrected chi connectivity index (χ1v) is 6.98. The van der Waals surface area contributed by atoms with Crippen LogP contribution in [-0.4, -0.2) is 25.2 Å². The lowest BCUT2D eigenvalue weighted by Gasteiger charge is -2.28. The van der Waals surface area contributed by atoms with Gasteiger partial charge in [-0.1, -0.05) is 12.1 Å². The van der Waals surface area contributed by atoms with E-state index in [2.05, 4.69) is 0 Å². The van der Waals surface area contributed by atoms with E-state index in [4.69, 9.17) is 10.5 Å². The summed E-state index contributed by atoms with van der Waals surface area (Å²) in [5.41, 5.74) is 7.57. The summed E-state index contributed by atoms with van der Waals surface area (Å²) in [6, 6.07) is 7.83. The monoisotopic (exact) mass is 262 g/mol. The Labute approximate surface area is 114 Å². The number of rotatable bonds is 4. The molecule has 1 aromatic rings. The number of ether oxygens (including phenoxy) is 1. The third-order valence-corrected chi connectivity index (χ3v) is 3.52. The Morgan fingerprint density at radius 2 is 2.11 bits per heavy atom. The summed E-state index contributed by atoms with van der Waals surface area (Å²) in [6.07, 6.45) is 2.68. The molecule has 1 saturated heterocycles. The Balaban J connectivity index is 2.11. The molecule has 0 bridgehead atoms. The van der Waals surface area contributed by atoms with Crippen LogP contribution in [0.4, 0.5) is 5.69 Å². The fraction of sp³-hybridized carbons (Fsp3) is 0.533. The Morgan fingerprint density at radius 1 is 1.37 bits per heavy atom. The van der Waals surface area contributed by atoms with Gasteiger partial charge in [-0.2, -0.15) is 0 Å². The van der Waals surface area contributed by atoms with E-state index in [1.165, 1.54) is 0 Å². The predicted molar refractivity (Wildman–Crippen MR) is 76.0 cm³/mol. The van der Waals surface area contributed by atoms with Gasteiger partial charge in [0.2, 0.25) is 0 Å². The first kappa shape index (κ1) is 14.0. The highest BCUT2D eigenvalue weighted by Gasteiger charge is 2.26. The minimum Gasteiger partial charge on any atom is -0.368 e. The molecule has 4 heteroatoms. The molecule has 1 aliphatic heterocycles. The van der Waals surface area contributed by atoms with Crippen molar-refractivity contribution in [3.8, 4) is 0 Å². The Morgan fingerprint density at radius 3 is 2.63 bits per heavy atom. The molecule has 2 rings (SSSR count). The largest absolute Gasteiger partial charge is 0.368 e. The Hall–Kier alpha value is -1.39. The lowest BCUT2D eigenvalue weighted by molar-refractivity contribution is -0.132. The van der Waals surface area contributed by atoms with Crippen LogP contribution < -0.4 is 10.6 Å². The van der Waals surface area contributed by atoms with Crippen molar-refractivity contribution in [1.29, 1.82) is 0 Å². The second-order valence-corrected chi connectivity index (χ2v) is 4.81. The maximum Gasteiger partial charge on any atom is 0.256 e. The summed E-state index contributed by atoms with van der Waals surface area (Å²) in [5.74, 6) is 0.0719. The maximum absolute atomic E-state index is 12.5. The van der Waals surface area contributed by atoms with E-state index in [-0.39, 0.29) is 12.0 Å². The first-order chi connectivity index (χ1) is 9.26. The molecule has 1 aromatic carbocycles. The van der Waals surface area contributed by atoms with Gasteiger partial charge in [0.15, 0.2) is 0 Å². The minimum atomic E-state index is -0.275. The number of carbonyl (C=O) groups excluding carboxylic acids is 1. The lowest BCUT2D eigenvalue weighted by atomic mass is 10.1. The van der Waals surface area contributed by atoms with Crippen LogP contribution in [0.25, 0.3) is 0 Å². The standard InChI is InChI=1S/C15H22N2O2/c1-2-17(13-8-6-12(11-16)7-9-13)15(18)14-5-3-4-10-19-14/h6-9,14H,2-5,10-11,16H2,1H3. The number of anilines is 1. The molecular weight excluding hydrogens is 240 g/mol. The van der Waals surface area contributed by atoms with Crippen molar-refractivity contribution in [2.75, 3.05) is 18.1 Å². The van der Waals surface area contributed by atoms with Gasteiger partial charge in [0.25, 0.3) is 5.91 Å². The van der Waals surface area contributed by atoms with Crippen molar-refractivity contribution >= 4 is 11.6 Å². The average Bonchev–Trinajstić information content (AvgIpc) is 2.49. The van der Waals surface area contributed by atoms with Crippen LogP contribution in [0.3, 0.4) is 0 Å². The molecule has 1 heterocycles. The summed E-state index contributed by atoms with van der Waals surface area (Å²) >= 11 is 0. The number of hydrogen-bond acceptors (Lipinski definition) is 3. The molecule has 0 aliphatic carbocycles. The highest BCUT2D eigenvalue weighted by atomic mass is 16.5. The fourth-order valence-electron chi connectivity index (χ4n) is 2.39. The van der Waals surface area contributed by atoms with Crippen molar-refractivity contribution in [2.24, 2.45) is 5.73 Å². The molecular formula is C15H22N2O2. The van der Waals surface area contributed by atoms with Crippen LogP contribution in [-0.2, 0) is 16.1 Å². The van der Waals surface area contributed by atoms with Crippen molar-refractivity contribution in [1.82, 2.24) is 0 Å². The highest BCUT2D eigenvalue weighted by molar-refractivity contribution is 5.96.